The van der Waals surface area contributed by atoms with E-state index in [9.17, 15) is 0 Å². The van der Waals surface area contributed by atoms with Crippen LogP contribution in [0.15, 0.2) is 36.8 Å². The van der Waals surface area contributed by atoms with Crippen molar-refractivity contribution in [1.29, 1.82) is 0 Å². The van der Waals surface area contributed by atoms with E-state index in [0.717, 1.165) is 11.4 Å². The van der Waals surface area contributed by atoms with Crippen LogP contribution in [0.2, 0.25) is 0 Å². The molecule has 2 N–H and O–H groups in total. The van der Waals surface area contributed by atoms with Crippen molar-refractivity contribution in [3.8, 4) is 5.69 Å². The van der Waals surface area contributed by atoms with E-state index in [4.69, 9.17) is 5.73 Å². The number of hydrogen-bond donors (Lipinski definition) is 1. The fourth-order valence-electron chi connectivity index (χ4n) is 1.89. The average Bonchev–Trinajstić information content (AvgIpc) is 2.77. The van der Waals surface area contributed by atoms with Crippen LogP contribution in [-0.4, -0.2) is 23.6 Å². The molecular weight excluding hydrogens is 224 g/mol. The number of nitrogens with two attached hydrogens (primary N) is 1. The van der Waals surface area contributed by atoms with Gasteiger partial charge in [0.15, 0.2) is 0 Å². The zero-order valence-electron chi connectivity index (χ0n) is 11.4. The molecule has 0 aliphatic heterocycles. The first kappa shape index (κ1) is 12.6. The second-order valence-electron chi connectivity index (χ2n) is 5.28. The lowest BCUT2D eigenvalue weighted by atomic mass is 10.0. The smallest absolute Gasteiger partial charge is 0.0994 e. The van der Waals surface area contributed by atoms with E-state index in [1.165, 1.54) is 5.69 Å². The first-order valence-electron chi connectivity index (χ1n) is 5.99. The van der Waals surface area contributed by atoms with Gasteiger partial charge in [0, 0.05) is 25.5 Å². The number of rotatable bonds is 3. The van der Waals surface area contributed by atoms with Gasteiger partial charge in [-0.3, -0.25) is 0 Å². The lowest BCUT2D eigenvalue weighted by Gasteiger charge is -2.21. The number of nitrogens with zero attached hydrogens (tertiary/aromatic N) is 3. The van der Waals surface area contributed by atoms with Gasteiger partial charge in [0.05, 0.1) is 23.8 Å². The minimum Gasteiger partial charge on any atom is -0.378 e. The van der Waals surface area contributed by atoms with Crippen LogP contribution in [0.1, 0.15) is 19.5 Å². The third-order valence-corrected chi connectivity index (χ3v) is 2.94. The molecule has 4 nitrogen and oxygen atoms in total. The highest BCUT2D eigenvalue weighted by atomic mass is 15.1. The quantitative estimate of drug-likeness (QED) is 0.899. The summed E-state index contributed by atoms with van der Waals surface area (Å²) in [6.07, 6.45) is 3.62. The van der Waals surface area contributed by atoms with Crippen LogP contribution in [-0.2, 0) is 5.54 Å². The number of imidazole rings is 1. The fourth-order valence-corrected chi connectivity index (χ4v) is 1.89. The average molecular weight is 244 g/mol. The van der Waals surface area contributed by atoms with Crippen molar-refractivity contribution < 1.29 is 0 Å². The Labute approximate surface area is 108 Å². The molecule has 1 heterocycles. The molecule has 0 saturated heterocycles. The predicted octanol–water partition coefficient (Wildman–Crippen LogP) is 2.13. The third kappa shape index (κ3) is 2.38. The molecule has 0 bridgehead atoms. The second kappa shape index (κ2) is 4.46. The SMILES string of the molecule is CN(C)c1ccc(-n2cncc2C(C)(C)N)cc1. The van der Waals surface area contributed by atoms with Gasteiger partial charge in [-0.25, -0.2) is 4.98 Å². The van der Waals surface area contributed by atoms with Gasteiger partial charge in [-0.1, -0.05) is 0 Å². The molecule has 0 fully saturated rings. The summed E-state index contributed by atoms with van der Waals surface area (Å²) in [4.78, 5) is 6.27. The summed E-state index contributed by atoms with van der Waals surface area (Å²) in [5, 5.41) is 0. The summed E-state index contributed by atoms with van der Waals surface area (Å²) in [5.41, 5.74) is 8.99. The predicted molar refractivity (Wildman–Crippen MR) is 75.1 cm³/mol. The van der Waals surface area contributed by atoms with Crippen LogP contribution in [0.5, 0.6) is 0 Å². The Balaban J connectivity index is 2.41. The molecule has 0 atom stereocenters. The number of benzene rings is 1. The van der Waals surface area contributed by atoms with E-state index in [0.29, 0.717) is 0 Å². The molecule has 1 aromatic heterocycles. The summed E-state index contributed by atoms with van der Waals surface area (Å²) in [5.74, 6) is 0. The standard InChI is InChI=1S/C14H20N4/c1-14(2,15)13-9-16-10-18(13)12-7-5-11(6-8-12)17(3)4/h5-10H,15H2,1-4H3. The van der Waals surface area contributed by atoms with Crippen molar-refractivity contribution >= 4 is 5.69 Å². The van der Waals surface area contributed by atoms with Crippen molar-refractivity contribution in [2.24, 2.45) is 5.73 Å². The van der Waals surface area contributed by atoms with Crippen molar-refractivity contribution in [3.63, 3.8) is 0 Å². The van der Waals surface area contributed by atoms with Crippen LogP contribution in [0, 0.1) is 0 Å². The summed E-state index contributed by atoms with van der Waals surface area (Å²) in [6.45, 7) is 3.96. The lowest BCUT2D eigenvalue weighted by molar-refractivity contribution is 0.524. The van der Waals surface area contributed by atoms with Gasteiger partial charge in [-0.05, 0) is 38.1 Å². The highest BCUT2D eigenvalue weighted by molar-refractivity contribution is 5.50. The van der Waals surface area contributed by atoms with E-state index < -0.39 is 5.54 Å². The van der Waals surface area contributed by atoms with Gasteiger partial charge in [-0.15, -0.1) is 0 Å². The van der Waals surface area contributed by atoms with Gasteiger partial charge in [0.25, 0.3) is 0 Å². The third-order valence-electron chi connectivity index (χ3n) is 2.94. The number of anilines is 1. The molecule has 2 rings (SSSR count). The maximum Gasteiger partial charge on any atom is 0.0994 e. The van der Waals surface area contributed by atoms with Gasteiger partial charge in [0.2, 0.25) is 0 Å². The molecule has 4 heteroatoms. The summed E-state index contributed by atoms with van der Waals surface area (Å²) in [6, 6.07) is 8.32. The molecule has 18 heavy (non-hydrogen) atoms. The highest BCUT2D eigenvalue weighted by Gasteiger charge is 2.19. The maximum absolute atomic E-state index is 6.15. The summed E-state index contributed by atoms with van der Waals surface area (Å²) in [7, 11) is 4.06. The van der Waals surface area contributed by atoms with Crippen LogP contribution in [0.3, 0.4) is 0 Å². The molecule has 0 radical (unpaired) electrons. The normalized spacial score (nSPS) is 11.6. The topological polar surface area (TPSA) is 47.1 Å². The Hall–Kier alpha value is -1.81. The van der Waals surface area contributed by atoms with Gasteiger partial charge >= 0.3 is 0 Å². The monoisotopic (exact) mass is 244 g/mol. The van der Waals surface area contributed by atoms with Crippen LogP contribution in [0.25, 0.3) is 5.69 Å². The Kier molecular flexibility index (Phi) is 3.13. The van der Waals surface area contributed by atoms with E-state index >= 15 is 0 Å². The maximum atomic E-state index is 6.15. The Bertz CT molecular complexity index is 517. The lowest BCUT2D eigenvalue weighted by Crippen LogP contribution is -2.31. The summed E-state index contributed by atoms with van der Waals surface area (Å²) < 4.78 is 2.03. The minimum atomic E-state index is -0.406. The Morgan fingerprint density at radius 1 is 1.17 bits per heavy atom. The molecule has 0 amide bonds. The van der Waals surface area contributed by atoms with E-state index in [2.05, 4.69) is 34.1 Å². The molecular formula is C14H20N4. The zero-order chi connectivity index (χ0) is 13.3. The summed E-state index contributed by atoms with van der Waals surface area (Å²) >= 11 is 0. The van der Waals surface area contributed by atoms with E-state index in [1.54, 1.807) is 6.33 Å². The first-order chi connectivity index (χ1) is 8.39. The van der Waals surface area contributed by atoms with Crippen molar-refractivity contribution in [3.05, 3.63) is 42.5 Å². The van der Waals surface area contributed by atoms with Crippen LogP contribution < -0.4 is 10.6 Å². The van der Waals surface area contributed by atoms with Gasteiger partial charge in [0.1, 0.15) is 0 Å². The molecule has 0 aliphatic rings. The molecule has 0 aliphatic carbocycles. The largest absolute Gasteiger partial charge is 0.378 e. The molecule has 96 valence electrons. The van der Waals surface area contributed by atoms with E-state index in [-0.39, 0.29) is 0 Å². The van der Waals surface area contributed by atoms with Gasteiger partial charge in [-0.2, -0.15) is 0 Å². The van der Waals surface area contributed by atoms with Crippen molar-refractivity contribution in [2.75, 3.05) is 19.0 Å². The van der Waals surface area contributed by atoms with Crippen molar-refractivity contribution in [1.82, 2.24) is 9.55 Å². The zero-order valence-corrected chi connectivity index (χ0v) is 11.4. The molecule has 0 saturated carbocycles. The highest BCUT2D eigenvalue weighted by Crippen LogP contribution is 2.22. The second-order valence-corrected chi connectivity index (χ2v) is 5.28. The van der Waals surface area contributed by atoms with Crippen molar-refractivity contribution in [2.45, 2.75) is 19.4 Å². The number of hydrogen-bond acceptors (Lipinski definition) is 3. The van der Waals surface area contributed by atoms with Crippen LogP contribution >= 0.6 is 0 Å². The van der Waals surface area contributed by atoms with Crippen LogP contribution in [0.4, 0.5) is 5.69 Å². The minimum absolute atomic E-state index is 0.406. The number of aromatic nitrogens is 2. The first-order valence-corrected chi connectivity index (χ1v) is 5.99. The fraction of sp³-hybridized carbons (Fsp3) is 0.357. The Morgan fingerprint density at radius 3 is 2.28 bits per heavy atom. The Morgan fingerprint density at radius 2 is 1.78 bits per heavy atom. The van der Waals surface area contributed by atoms with Gasteiger partial charge < -0.3 is 15.2 Å². The molecule has 2 aromatic rings. The molecule has 0 spiro atoms. The molecule has 0 unspecified atom stereocenters. The molecule has 1 aromatic carbocycles. The van der Waals surface area contributed by atoms with E-state index in [1.807, 2.05) is 38.7 Å².